The van der Waals surface area contributed by atoms with Crippen molar-refractivity contribution in [3.05, 3.63) is 122 Å². The summed E-state index contributed by atoms with van der Waals surface area (Å²) in [6, 6.07) is 0. The first-order valence-corrected chi connectivity index (χ1v) is 33.9. The van der Waals surface area contributed by atoms with Crippen LogP contribution in [0.1, 0.15) is 265 Å². The van der Waals surface area contributed by atoms with Crippen LogP contribution in [0.4, 0.5) is 0 Å². The van der Waals surface area contributed by atoms with Crippen molar-refractivity contribution in [2.24, 2.45) is 0 Å². The molecular formula is C70H117O11P. The number of hydrogen-bond donors (Lipinski definition) is 2. The van der Waals surface area contributed by atoms with E-state index in [1.807, 2.05) is 12.2 Å². The molecule has 2 N–H and O–H groups in total. The van der Waals surface area contributed by atoms with Crippen LogP contribution in [0.5, 0.6) is 0 Å². The Bertz CT molecular complexity index is 1840. The number of esters is 3. The topological polar surface area (TPSA) is 155 Å². The van der Waals surface area contributed by atoms with E-state index in [9.17, 15) is 28.9 Å². The smallest absolute Gasteiger partial charge is 0.462 e. The molecule has 0 heterocycles. The number of unbranched alkanes of at least 4 members (excludes halogenated alkanes) is 22. The highest BCUT2D eigenvalue weighted by Crippen LogP contribution is 2.43. The number of aliphatic hydroxyl groups excluding tert-OH is 1. The molecule has 0 spiro atoms. The van der Waals surface area contributed by atoms with Gasteiger partial charge in [0.2, 0.25) is 0 Å². The monoisotopic (exact) mass is 1160 g/mol. The van der Waals surface area contributed by atoms with E-state index in [1.165, 1.54) is 96.3 Å². The molecular weight excluding hydrogens is 1050 g/mol. The number of ether oxygens (including phenoxy) is 3. The van der Waals surface area contributed by atoms with Crippen LogP contribution in [-0.4, -0.2) is 66.5 Å². The van der Waals surface area contributed by atoms with Gasteiger partial charge in [0.15, 0.2) is 6.10 Å². The second-order valence-corrected chi connectivity index (χ2v) is 22.6. The molecule has 0 saturated heterocycles. The van der Waals surface area contributed by atoms with Gasteiger partial charge in [-0.2, -0.15) is 0 Å². The summed E-state index contributed by atoms with van der Waals surface area (Å²) in [7, 11) is -4.78. The molecule has 0 rings (SSSR count). The number of rotatable bonds is 59. The number of aliphatic hydroxyl groups is 1. The Morgan fingerprint density at radius 1 is 0.354 bits per heavy atom. The maximum Gasteiger partial charge on any atom is 0.472 e. The lowest BCUT2D eigenvalue weighted by Crippen LogP contribution is -2.30. The van der Waals surface area contributed by atoms with Gasteiger partial charge >= 0.3 is 25.7 Å². The molecule has 3 atom stereocenters. The average molecular weight is 1170 g/mol. The zero-order chi connectivity index (χ0) is 59.8. The maximum absolute atomic E-state index is 13.0. The summed E-state index contributed by atoms with van der Waals surface area (Å²) in [5, 5.41) is 9.86. The van der Waals surface area contributed by atoms with Crippen LogP contribution in [0.3, 0.4) is 0 Å². The Morgan fingerprint density at radius 2 is 0.659 bits per heavy atom. The van der Waals surface area contributed by atoms with Gasteiger partial charge in [0.05, 0.1) is 19.8 Å². The fourth-order valence-corrected chi connectivity index (χ4v) is 9.23. The first-order valence-electron chi connectivity index (χ1n) is 32.4. The summed E-state index contributed by atoms with van der Waals surface area (Å²) in [5.74, 6) is -1.58. The van der Waals surface area contributed by atoms with E-state index < -0.39 is 57.8 Å². The van der Waals surface area contributed by atoms with Crippen LogP contribution in [0.15, 0.2) is 122 Å². The Hall–Kier alpha value is -4.12. The minimum Gasteiger partial charge on any atom is -0.462 e. The first kappa shape index (κ1) is 77.9. The largest absolute Gasteiger partial charge is 0.472 e. The van der Waals surface area contributed by atoms with Crippen LogP contribution in [0, 0.1) is 0 Å². The highest BCUT2D eigenvalue weighted by atomic mass is 31.2. The van der Waals surface area contributed by atoms with Crippen molar-refractivity contribution in [3.8, 4) is 0 Å². The highest BCUT2D eigenvalue weighted by molar-refractivity contribution is 7.47. The molecule has 12 heteroatoms. The zero-order valence-electron chi connectivity index (χ0n) is 51.9. The van der Waals surface area contributed by atoms with Crippen molar-refractivity contribution >= 4 is 25.7 Å². The van der Waals surface area contributed by atoms with Gasteiger partial charge in [-0.25, -0.2) is 4.57 Å². The summed E-state index contributed by atoms with van der Waals surface area (Å²) in [6.07, 6.45) is 78.7. The van der Waals surface area contributed by atoms with Gasteiger partial charge in [-0.05, 0) is 122 Å². The summed E-state index contributed by atoms with van der Waals surface area (Å²) in [5.41, 5.74) is 0. The maximum atomic E-state index is 13.0. The van der Waals surface area contributed by atoms with Crippen molar-refractivity contribution in [2.45, 2.75) is 277 Å². The Balaban J connectivity index is 4.80. The summed E-state index contributed by atoms with van der Waals surface area (Å²) >= 11 is 0. The van der Waals surface area contributed by atoms with Gasteiger partial charge in [0.25, 0.3) is 0 Å². The number of hydrogen-bond acceptors (Lipinski definition) is 10. The predicted octanol–water partition coefficient (Wildman–Crippen LogP) is 19.9. The van der Waals surface area contributed by atoms with Gasteiger partial charge in [-0.3, -0.25) is 23.4 Å². The molecule has 0 aromatic heterocycles. The fourth-order valence-electron chi connectivity index (χ4n) is 8.44. The Kier molecular flexibility index (Phi) is 59.8. The molecule has 0 bridgehead atoms. The molecule has 3 unspecified atom stereocenters. The van der Waals surface area contributed by atoms with Crippen LogP contribution in [-0.2, 0) is 42.2 Å². The lowest BCUT2D eigenvalue weighted by Gasteiger charge is -2.21. The van der Waals surface area contributed by atoms with Gasteiger partial charge in [0.1, 0.15) is 12.7 Å². The summed E-state index contributed by atoms with van der Waals surface area (Å²) in [6.45, 7) is 4.40. The zero-order valence-corrected chi connectivity index (χ0v) is 52.8. The normalized spacial score (nSPS) is 14.1. The minimum absolute atomic E-state index is 0.0352. The van der Waals surface area contributed by atoms with Gasteiger partial charge in [-0.15, -0.1) is 0 Å². The van der Waals surface area contributed by atoms with Crippen LogP contribution < -0.4 is 0 Å². The predicted molar refractivity (Wildman–Crippen MR) is 343 cm³/mol. The van der Waals surface area contributed by atoms with Crippen molar-refractivity contribution < 1.29 is 52.2 Å². The third-order valence-electron chi connectivity index (χ3n) is 13.4. The van der Waals surface area contributed by atoms with E-state index in [-0.39, 0.29) is 25.9 Å². The SMILES string of the molecule is CC/C=C\C/C=C\C/C=C\C/C=C\C/C=C\C/C=C\CCC(=O)OC(COC(=O)CCCCCCCCC/C=C\C/C=C\CCCCC)COP(=O)(O)OCC(CO)OC(=O)CCCCCCCCCCC/C=C\C/C=C\CCCCC. The fraction of sp³-hybridized carbons (Fsp3) is 0.671. The molecule has 0 amide bonds. The number of phosphoric acid groups is 1. The Morgan fingerprint density at radius 3 is 1.05 bits per heavy atom. The molecule has 0 aliphatic heterocycles. The molecule has 468 valence electrons. The first-order chi connectivity index (χ1) is 40.2. The van der Waals surface area contributed by atoms with Gasteiger partial charge in [-0.1, -0.05) is 245 Å². The third-order valence-corrected chi connectivity index (χ3v) is 14.3. The number of allylic oxidation sites excluding steroid dienone is 20. The molecule has 0 aromatic rings. The second-order valence-electron chi connectivity index (χ2n) is 21.2. The van der Waals surface area contributed by atoms with Gasteiger partial charge in [0, 0.05) is 19.3 Å². The molecule has 0 fully saturated rings. The summed E-state index contributed by atoms with van der Waals surface area (Å²) < 4.78 is 39.6. The van der Waals surface area contributed by atoms with Crippen molar-refractivity contribution in [3.63, 3.8) is 0 Å². The lowest BCUT2D eigenvalue weighted by molar-refractivity contribution is -0.161. The molecule has 0 radical (unpaired) electrons. The number of carbonyl (C=O) groups excluding carboxylic acids is 3. The quantitative estimate of drug-likeness (QED) is 0.0197. The standard InChI is InChI=1S/C70H117O11P/c1-4-7-10-13-16-19-22-25-28-31-33-36-39-42-45-48-51-54-57-60-69(73)80-66(62-71)64-78-82(75,76)79-65-67(63-77-68(72)59-56-53-50-47-44-41-38-35-30-27-24-21-18-15-12-9-6-3)81-70(74)61-58-55-52-49-46-43-40-37-34-32-29-26-23-20-17-14-11-8-5-2/h8,11,16-21,25-30,34,37,43,46,52,55,66-67,71H,4-7,9-10,12-15,22-24,31-33,35-36,38-42,44-45,47-51,53-54,56-65H2,1-3H3,(H,75,76)/b11-8-,19-16-,20-17-,21-18-,28-25-,29-26-,30-27-,37-34-,46-43-,55-52-. The van der Waals surface area contributed by atoms with E-state index in [0.29, 0.717) is 25.7 Å². The highest BCUT2D eigenvalue weighted by Gasteiger charge is 2.28. The van der Waals surface area contributed by atoms with Crippen molar-refractivity contribution in [1.82, 2.24) is 0 Å². The molecule has 82 heavy (non-hydrogen) atoms. The molecule has 0 aromatic carbocycles. The molecule has 0 aliphatic rings. The van der Waals surface area contributed by atoms with Crippen molar-refractivity contribution in [2.75, 3.05) is 26.4 Å². The third kappa shape index (κ3) is 60.5. The van der Waals surface area contributed by atoms with E-state index >= 15 is 0 Å². The minimum atomic E-state index is -4.78. The average Bonchev–Trinajstić information content (AvgIpc) is 3.50. The summed E-state index contributed by atoms with van der Waals surface area (Å²) in [4.78, 5) is 48.7. The number of phosphoric ester groups is 1. The van der Waals surface area contributed by atoms with Crippen LogP contribution >= 0.6 is 7.82 Å². The molecule has 0 aliphatic carbocycles. The van der Waals surface area contributed by atoms with E-state index in [0.717, 1.165) is 103 Å². The number of carbonyl (C=O) groups is 3. The van der Waals surface area contributed by atoms with Gasteiger partial charge < -0.3 is 24.2 Å². The van der Waals surface area contributed by atoms with Crippen molar-refractivity contribution in [1.29, 1.82) is 0 Å². The van der Waals surface area contributed by atoms with Crippen LogP contribution in [0.25, 0.3) is 0 Å². The molecule has 11 nitrogen and oxygen atoms in total. The van der Waals surface area contributed by atoms with E-state index in [4.69, 9.17) is 23.3 Å². The van der Waals surface area contributed by atoms with E-state index in [2.05, 4.69) is 130 Å². The van der Waals surface area contributed by atoms with Crippen LogP contribution in [0.2, 0.25) is 0 Å². The second kappa shape index (κ2) is 62.9. The lowest BCUT2D eigenvalue weighted by atomic mass is 10.1. The van der Waals surface area contributed by atoms with E-state index in [1.54, 1.807) is 0 Å². The molecule has 0 saturated carbocycles. The Labute approximate surface area is 500 Å².